The number of carbonyl (C=O) groups excluding carboxylic acids is 2. The Hall–Kier alpha value is -4.32. The van der Waals surface area contributed by atoms with Crippen LogP contribution in [0.15, 0.2) is 95.1 Å². The molecule has 4 aromatic rings. The minimum absolute atomic E-state index is 0.809. The Morgan fingerprint density at radius 1 is 0.567 bits per heavy atom. The summed E-state index contributed by atoms with van der Waals surface area (Å²) in [5, 5.41) is 12.0. The Morgan fingerprint density at radius 2 is 0.967 bits per heavy atom. The van der Waals surface area contributed by atoms with Crippen molar-refractivity contribution in [1.82, 2.24) is 10.9 Å². The van der Waals surface area contributed by atoms with Gasteiger partial charge in [0.05, 0.1) is 12.4 Å². The second kappa shape index (κ2) is 8.79. The largest absolute Gasteiger partial charge is 0.331 e. The molecule has 0 radical (unpaired) electrons. The summed E-state index contributed by atoms with van der Waals surface area (Å²) in [5.74, 6) is -1.80. The minimum atomic E-state index is -0.900. The zero-order chi connectivity index (χ0) is 20.8. The number of nitrogens with zero attached hydrogens (tertiary/aromatic N) is 2. The third kappa shape index (κ3) is 4.56. The molecule has 6 heteroatoms. The second-order valence-electron chi connectivity index (χ2n) is 6.61. The number of hydrogen-bond donors (Lipinski definition) is 2. The summed E-state index contributed by atoms with van der Waals surface area (Å²) in [7, 11) is 0. The fraction of sp³-hybridized carbons (Fsp3) is 0. The first-order chi connectivity index (χ1) is 14.7. The molecule has 0 spiro atoms. The summed E-state index contributed by atoms with van der Waals surface area (Å²) < 4.78 is 0. The molecule has 0 aliphatic carbocycles. The Kier molecular flexibility index (Phi) is 5.57. The molecule has 4 rings (SSSR count). The SMILES string of the molecule is O=C(NN=Cc1ccc2ccccc2c1)C(=O)NN=Cc1ccc2ccccc2c1. The molecular weight excluding hydrogens is 376 g/mol. The Labute approximate surface area is 172 Å². The molecule has 4 aromatic carbocycles. The van der Waals surface area contributed by atoms with E-state index >= 15 is 0 Å². The molecule has 0 aliphatic heterocycles. The lowest BCUT2D eigenvalue weighted by Crippen LogP contribution is -2.35. The van der Waals surface area contributed by atoms with E-state index in [1.165, 1.54) is 12.4 Å². The summed E-state index contributed by atoms with van der Waals surface area (Å²) in [6.07, 6.45) is 2.96. The molecule has 0 aromatic heterocycles. The lowest BCUT2D eigenvalue weighted by atomic mass is 10.1. The van der Waals surface area contributed by atoms with Crippen LogP contribution in [-0.2, 0) is 9.59 Å². The van der Waals surface area contributed by atoms with Crippen LogP contribution >= 0.6 is 0 Å². The zero-order valence-corrected chi connectivity index (χ0v) is 15.9. The monoisotopic (exact) mass is 394 g/mol. The van der Waals surface area contributed by atoms with Crippen LogP contribution in [0.4, 0.5) is 0 Å². The first-order valence-corrected chi connectivity index (χ1v) is 9.33. The molecule has 0 heterocycles. The number of benzene rings is 4. The van der Waals surface area contributed by atoms with Gasteiger partial charge in [0, 0.05) is 0 Å². The average molecular weight is 394 g/mol. The van der Waals surface area contributed by atoms with E-state index in [0.29, 0.717) is 0 Å². The summed E-state index contributed by atoms with van der Waals surface area (Å²) in [6, 6.07) is 27.4. The van der Waals surface area contributed by atoms with Gasteiger partial charge in [-0.3, -0.25) is 9.59 Å². The van der Waals surface area contributed by atoms with Crippen LogP contribution in [0.25, 0.3) is 21.5 Å². The lowest BCUT2D eigenvalue weighted by molar-refractivity contribution is -0.139. The number of hydrogen-bond acceptors (Lipinski definition) is 4. The van der Waals surface area contributed by atoms with Gasteiger partial charge in [-0.15, -0.1) is 0 Å². The number of carbonyl (C=O) groups is 2. The van der Waals surface area contributed by atoms with E-state index < -0.39 is 11.8 Å². The Morgan fingerprint density at radius 3 is 1.40 bits per heavy atom. The molecule has 0 atom stereocenters. The maximum absolute atomic E-state index is 11.9. The predicted molar refractivity (Wildman–Crippen MR) is 119 cm³/mol. The zero-order valence-electron chi connectivity index (χ0n) is 15.9. The van der Waals surface area contributed by atoms with Crippen molar-refractivity contribution in [2.75, 3.05) is 0 Å². The summed E-state index contributed by atoms with van der Waals surface area (Å²) in [4.78, 5) is 23.7. The number of nitrogens with one attached hydrogen (secondary N) is 2. The van der Waals surface area contributed by atoms with E-state index in [1.54, 1.807) is 0 Å². The predicted octanol–water partition coefficient (Wildman–Crippen LogP) is 3.59. The molecule has 146 valence electrons. The van der Waals surface area contributed by atoms with Gasteiger partial charge < -0.3 is 0 Å². The van der Waals surface area contributed by atoms with Gasteiger partial charge in [0.25, 0.3) is 0 Å². The van der Waals surface area contributed by atoms with Gasteiger partial charge in [-0.05, 0) is 44.8 Å². The highest BCUT2D eigenvalue weighted by molar-refractivity contribution is 6.35. The van der Waals surface area contributed by atoms with Gasteiger partial charge in [-0.25, -0.2) is 10.9 Å². The first-order valence-electron chi connectivity index (χ1n) is 9.33. The van der Waals surface area contributed by atoms with Crippen LogP contribution < -0.4 is 10.9 Å². The van der Waals surface area contributed by atoms with E-state index in [9.17, 15) is 9.59 Å². The highest BCUT2D eigenvalue weighted by atomic mass is 16.2. The van der Waals surface area contributed by atoms with Crippen molar-refractivity contribution in [2.45, 2.75) is 0 Å². The van der Waals surface area contributed by atoms with Crippen LogP contribution in [0.3, 0.4) is 0 Å². The number of rotatable bonds is 4. The van der Waals surface area contributed by atoms with E-state index in [-0.39, 0.29) is 0 Å². The molecule has 0 fully saturated rings. The van der Waals surface area contributed by atoms with E-state index in [4.69, 9.17) is 0 Å². The van der Waals surface area contributed by atoms with Crippen molar-refractivity contribution in [2.24, 2.45) is 10.2 Å². The second-order valence-corrected chi connectivity index (χ2v) is 6.61. The van der Waals surface area contributed by atoms with Gasteiger partial charge in [-0.1, -0.05) is 72.8 Å². The minimum Gasteiger partial charge on any atom is -0.262 e. The summed E-state index contributed by atoms with van der Waals surface area (Å²) in [6.45, 7) is 0. The molecule has 0 unspecified atom stereocenters. The van der Waals surface area contributed by atoms with E-state index in [0.717, 1.165) is 32.7 Å². The van der Waals surface area contributed by atoms with Crippen molar-refractivity contribution in [3.63, 3.8) is 0 Å². The van der Waals surface area contributed by atoms with E-state index in [2.05, 4.69) is 21.1 Å². The van der Waals surface area contributed by atoms with E-state index in [1.807, 2.05) is 84.9 Å². The van der Waals surface area contributed by atoms with Crippen molar-refractivity contribution in [1.29, 1.82) is 0 Å². The smallest absolute Gasteiger partial charge is 0.262 e. The molecule has 2 N–H and O–H groups in total. The molecule has 0 saturated carbocycles. The van der Waals surface area contributed by atoms with Crippen molar-refractivity contribution < 1.29 is 9.59 Å². The summed E-state index contributed by atoms with van der Waals surface area (Å²) >= 11 is 0. The van der Waals surface area contributed by atoms with Gasteiger partial charge in [0.1, 0.15) is 0 Å². The van der Waals surface area contributed by atoms with Crippen molar-refractivity contribution in [3.8, 4) is 0 Å². The van der Waals surface area contributed by atoms with Crippen LogP contribution in [0.2, 0.25) is 0 Å². The van der Waals surface area contributed by atoms with Gasteiger partial charge in [0.2, 0.25) is 0 Å². The number of fused-ring (bicyclic) bond motifs is 2. The highest BCUT2D eigenvalue weighted by Gasteiger charge is 2.11. The topological polar surface area (TPSA) is 82.9 Å². The molecular formula is C24H18N4O2. The lowest BCUT2D eigenvalue weighted by Gasteiger charge is -2.01. The first kappa shape index (κ1) is 19.0. The summed E-state index contributed by atoms with van der Waals surface area (Å²) in [5.41, 5.74) is 6.01. The van der Waals surface area contributed by atoms with Crippen LogP contribution in [0.5, 0.6) is 0 Å². The fourth-order valence-electron chi connectivity index (χ4n) is 3.01. The molecule has 0 bridgehead atoms. The van der Waals surface area contributed by atoms with Crippen LogP contribution in [-0.4, -0.2) is 24.2 Å². The van der Waals surface area contributed by atoms with Crippen molar-refractivity contribution >= 4 is 45.8 Å². The quantitative estimate of drug-likeness (QED) is 0.315. The molecule has 30 heavy (non-hydrogen) atoms. The maximum atomic E-state index is 11.9. The fourth-order valence-corrected chi connectivity index (χ4v) is 3.01. The highest BCUT2D eigenvalue weighted by Crippen LogP contribution is 2.15. The number of amides is 2. The van der Waals surface area contributed by atoms with Crippen LogP contribution in [0.1, 0.15) is 11.1 Å². The van der Waals surface area contributed by atoms with Crippen molar-refractivity contribution in [3.05, 3.63) is 96.1 Å². The standard InChI is InChI=1S/C24H18N4O2/c29-23(27-25-15-17-9-11-19-5-1-3-7-21(19)13-17)24(30)28-26-16-18-10-12-20-6-2-4-8-22(20)14-18/h1-16H,(H,27,29)(H,28,30). The Bertz CT molecular complexity index is 1190. The molecule has 0 saturated heterocycles. The van der Waals surface area contributed by atoms with Gasteiger partial charge in [0.15, 0.2) is 0 Å². The maximum Gasteiger partial charge on any atom is 0.331 e. The third-order valence-corrected chi connectivity index (χ3v) is 4.51. The normalized spacial score (nSPS) is 11.3. The molecule has 0 aliphatic rings. The Balaban J connectivity index is 1.32. The molecule has 6 nitrogen and oxygen atoms in total. The molecule has 2 amide bonds. The number of hydrazone groups is 2. The third-order valence-electron chi connectivity index (χ3n) is 4.51. The van der Waals surface area contributed by atoms with Gasteiger partial charge in [-0.2, -0.15) is 10.2 Å². The van der Waals surface area contributed by atoms with Gasteiger partial charge >= 0.3 is 11.8 Å². The van der Waals surface area contributed by atoms with Crippen LogP contribution in [0, 0.1) is 0 Å². The average Bonchev–Trinajstić information content (AvgIpc) is 2.78.